The minimum absolute atomic E-state index is 0.542. The first-order chi connectivity index (χ1) is 4.88. The molecule has 1 rings (SSSR count). The largest absolute Gasteiger partial charge is 0.287 e. The lowest BCUT2D eigenvalue weighted by molar-refractivity contribution is 0.225. The Bertz CT molecular complexity index is 93.3. The average Bonchev–Trinajstić information content (AvgIpc) is 2.36. The summed E-state index contributed by atoms with van der Waals surface area (Å²) in [7, 11) is 1.93. The fraction of sp³-hybridized carbons (Fsp3) is 1.00. The fourth-order valence-electron chi connectivity index (χ4n) is 1.65. The van der Waals surface area contributed by atoms with Gasteiger partial charge in [-0.3, -0.25) is 4.90 Å². The van der Waals surface area contributed by atoms with E-state index in [0.717, 1.165) is 0 Å². The van der Waals surface area contributed by atoms with Crippen LogP contribution < -0.4 is 5.32 Å². The molecule has 0 aromatic carbocycles. The third kappa shape index (κ3) is 1.70. The zero-order valence-corrected chi connectivity index (χ0v) is 7.01. The molecule has 1 fully saturated rings. The second-order valence-electron chi connectivity index (χ2n) is 2.92. The molecule has 2 nitrogen and oxygen atoms in total. The van der Waals surface area contributed by atoms with Crippen molar-refractivity contribution in [3.63, 3.8) is 0 Å². The molecule has 1 saturated heterocycles. The van der Waals surface area contributed by atoms with Gasteiger partial charge in [-0.25, -0.2) is 5.32 Å². The van der Waals surface area contributed by atoms with Gasteiger partial charge in [-0.1, -0.05) is 6.92 Å². The number of hydrogen-bond acceptors (Lipinski definition) is 1. The van der Waals surface area contributed by atoms with Crippen molar-refractivity contribution in [2.75, 3.05) is 20.1 Å². The van der Waals surface area contributed by atoms with Gasteiger partial charge >= 0.3 is 0 Å². The molecule has 2 heteroatoms. The van der Waals surface area contributed by atoms with Crippen LogP contribution in [-0.4, -0.2) is 31.2 Å². The molecule has 1 unspecified atom stereocenters. The minimum Gasteiger partial charge on any atom is -0.287 e. The summed E-state index contributed by atoms with van der Waals surface area (Å²) in [6.07, 6.45) is 4.41. The van der Waals surface area contributed by atoms with Crippen LogP contribution in [0.15, 0.2) is 0 Å². The van der Waals surface area contributed by atoms with Gasteiger partial charge in [0.15, 0.2) is 0 Å². The lowest BCUT2D eigenvalue weighted by Gasteiger charge is -2.21. The smallest absolute Gasteiger partial charge is 0.0758 e. The molecule has 1 radical (unpaired) electrons. The molecule has 0 amide bonds. The summed E-state index contributed by atoms with van der Waals surface area (Å²) in [5, 5.41) is 4.31. The van der Waals surface area contributed by atoms with Crippen molar-refractivity contribution in [2.24, 2.45) is 0 Å². The highest BCUT2D eigenvalue weighted by atomic mass is 15.3. The minimum atomic E-state index is 0.542. The van der Waals surface area contributed by atoms with Gasteiger partial charge in [-0.05, 0) is 32.4 Å². The first kappa shape index (κ1) is 8.02. The number of likely N-dealkylation sites (tertiary alicyclic amines) is 1. The molecular weight excluding hydrogens is 124 g/mol. The van der Waals surface area contributed by atoms with E-state index in [1.165, 1.54) is 32.4 Å². The van der Waals surface area contributed by atoms with Gasteiger partial charge in [0.1, 0.15) is 0 Å². The fourth-order valence-corrected chi connectivity index (χ4v) is 1.65. The van der Waals surface area contributed by atoms with E-state index in [-0.39, 0.29) is 0 Å². The Morgan fingerprint density at radius 2 is 2.40 bits per heavy atom. The summed E-state index contributed by atoms with van der Waals surface area (Å²) in [6, 6.07) is 0. The molecule has 1 aliphatic rings. The van der Waals surface area contributed by atoms with Gasteiger partial charge < -0.3 is 0 Å². The number of hydrogen-bond donors (Lipinski definition) is 0. The van der Waals surface area contributed by atoms with Gasteiger partial charge in [0.05, 0.1) is 6.17 Å². The lowest BCUT2D eigenvalue weighted by atomic mass is 10.3. The molecule has 0 aromatic rings. The van der Waals surface area contributed by atoms with Crippen molar-refractivity contribution in [1.82, 2.24) is 10.2 Å². The van der Waals surface area contributed by atoms with Gasteiger partial charge in [0, 0.05) is 7.05 Å². The topological polar surface area (TPSA) is 17.3 Å². The maximum absolute atomic E-state index is 4.31. The summed E-state index contributed by atoms with van der Waals surface area (Å²) in [6.45, 7) is 4.71. The van der Waals surface area contributed by atoms with Crippen LogP contribution in [-0.2, 0) is 0 Å². The standard InChI is InChI=1S/C8H17N2/c1-3-6-10-7-4-5-8(10)9-2/h8H,3-7H2,1-2H3. The van der Waals surface area contributed by atoms with Crippen LogP contribution in [0.2, 0.25) is 0 Å². The van der Waals surface area contributed by atoms with E-state index >= 15 is 0 Å². The van der Waals surface area contributed by atoms with Crippen molar-refractivity contribution in [3.05, 3.63) is 0 Å². The van der Waals surface area contributed by atoms with Crippen LogP contribution in [0.5, 0.6) is 0 Å². The Morgan fingerprint density at radius 3 is 3.00 bits per heavy atom. The molecule has 0 N–H and O–H groups in total. The Kier molecular flexibility index (Phi) is 3.16. The maximum Gasteiger partial charge on any atom is 0.0758 e. The Labute approximate surface area is 63.6 Å². The van der Waals surface area contributed by atoms with E-state index in [1.54, 1.807) is 0 Å². The highest BCUT2D eigenvalue weighted by Crippen LogP contribution is 2.14. The monoisotopic (exact) mass is 141 g/mol. The predicted molar refractivity (Wildman–Crippen MR) is 42.9 cm³/mol. The Hall–Kier alpha value is -0.0800. The van der Waals surface area contributed by atoms with Gasteiger partial charge in [0.2, 0.25) is 0 Å². The summed E-state index contributed by atoms with van der Waals surface area (Å²) in [5.74, 6) is 0. The molecule has 0 spiro atoms. The molecular formula is C8H17N2. The van der Waals surface area contributed by atoms with E-state index in [1.807, 2.05) is 7.05 Å². The SMILES string of the molecule is CCCN1CCCC1[N]C. The van der Waals surface area contributed by atoms with Gasteiger partial charge in [0.25, 0.3) is 0 Å². The van der Waals surface area contributed by atoms with Crippen molar-refractivity contribution in [3.8, 4) is 0 Å². The predicted octanol–water partition coefficient (Wildman–Crippen LogP) is 1.05. The van der Waals surface area contributed by atoms with Crippen molar-refractivity contribution in [2.45, 2.75) is 32.4 Å². The third-order valence-corrected chi connectivity index (χ3v) is 2.14. The van der Waals surface area contributed by atoms with Crippen LogP contribution in [0.25, 0.3) is 0 Å². The maximum atomic E-state index is 4.31. The van der Waals surface area contributed by atoms with Crippen LogP contribution in [0.3, 0.4) is 0 Å². The quantitative estimate of drug-likeness (QED) is 0.574. The zero-order chi connectivity index (χ0) is 7.40. The van der Waals surface area contributed by atoms with E-state index in [2.05, 4.69) is 17.1 Å². The number of rotatable bonds is 3. The molecule has 0 saturated carbocycles. The molecule has 1 heterocycles. The van der Waals surface area contributed by atoms with E-state index in [0.29, 0.717) is 6.17 Å². The lowest BCUT2D eigenvalue weighted by Crippen LogP contribution is -2.35. The Morgan fingerprint density at radius 1 is 1.60 bits per heavy atom. The van der Waals surface area contributed by atoms with Crippen LogP contribution in [0.1, 0.15) is 26.2 Å². The van der Waals surface area contributed by atoms with E-state index in [9.17, 15) is 0 Å². The van der Waals surface area contributed by atoms with Crippen molar-refractivity contribution >= 4 is 0 Å². The molecule has 0 aliphatic carbocycles. The molecule has 1 aliphatic heterocycles. The normalized spacial score (nSPS) is 27.6. The second kappa shape index (κ2) is 3.94. The summed E-state index contributed by atoms with van der Waals surface area (Å²) in [4.78, 5) is 2.47. The van der Waals surface area contributed by atoms with Crippen LogP contribution >= 0.6 is 0 Å². The van der Waals surface area contributed by atoms with E-state index < -0.39 is 0 Å². The second-order valence-corrected chi connectivity index (χ2v) is 2.92. The Balaban J connectivity index is 2.27. The molecule has 0 aromatic heterocycles. The number of nitrogens with zero attached hydrogens (tertiary/aromatic N) is 2. The first-order valence-corrected chi connectivity index (χ1v) is 4.21. The summed E-state index contributed by atoms with van der Waals surface area (Å²) in [5.41, 5.74) is 0. The van der Waals surface area contributed by atoms with Crippen molar-refractivity contribution < 1.29 is 0 Å². The highest BCUT2D eigenvalue weighted by molar-refractivity contribution is 4.74. The third-order valence-electron chi connectivity index (χ3n) is 2.14. The summed E-state index contributed by atoms with van der Waals surface area (Å²) < 4.78 is 0. The molecule has 10 heavy (non-hydrogen) atoms. The molecule has 0 bridgehead atoms. The highest BCUT2D eigenvalue weighted by Gasteiger charge is 2.21. The van der Waals surface area contributed by atoms with E-state index in [4.69, 9.17) is 0 Å². The first-order valence-electron chi connectivity index (χ1n) is 4.21. The van der Waals surface area contributed by atoms with Crippen molar-refractivity contribution in [1.29, 1.82) is 0 Å². The van der Waals surface area contributed by atoms with Gasteiger partial charge in [-0.15, -0.1) is 0 Å². The zero-order valence-electron chi connectivity index (χ0n) is 7.01. The van der Waals surface area contributed by atoms with Crippen LogP contribution in [0.4, 0.5) is 0 Å². The van der Waals surface area contributed by atoms with Gasteiger partial charge in [-0.2, -0.15) is 0 Å². The van der Waals surface area contributed by atoms with Crippen LogP contribution in [0, 0.1) is 0 Å². The summed E-state index contributed by atoms with van der Waals surface area (Å²) >= 11 is 0. The molecule has 1 atom stereocenters. The molecule has 59 valence electrons. The average molecular weight is 141 g/mol.